The largest absolute Gasteiger partial charge is 0.350 e. The van der Waals surface area contributed by atoms with E-state index >= 15 is 0 Å². The Bertz CT molecular complexity index is 885. The first-order valence-corrected chi connectivity index (χ1v) is 8.31. The minimum Gasteiger partial charge on any atom is -0.350 e. The lowest BCUT2D eigenvalue weighted by Crippen LogP contribution is -2.06. The molecule has 2 aromatic carbocycles. The van der Waals surface area contributed by atoms with Crippen LogP contribution in [0.4, 0.5) is 21.8 Å². The number of benzene rings is 2. The van der Waals surface area contributed by atoms with Crippen molar-refractivity contribution in [3.8, 4) is 0 Å². The molecule has 2 N–H and O–H groups in total. The molecule has 1 heterocycles. The second-order valence-corrected chi connectivity index (χ2v) is 6.30. The Hall–Kier alpha value is -2.37. The fourth-order valence-electron chi connectivity index (χ4n) is 2.22. The number of aryl methyl sites for hydroxylation is 1. The summed E-state index contributed by atoms with van der Waals surface area (Å²) < 4.78 is 13.2. The molecule has 0 unspecified atom stereocenters. The van der Waals surface area contributed by atoms with E-state index in [9.17, 15) is 4.39 Å². The molecule has 0 bridgehead atoms. The number of halogens is 3. The minimum absolute atomic E-state index is 0.0527. The summed E-state index contributed by atoms with van der Waals surface area (Å²) in [6.45, 7) is 2.44. The molecule has 0 spiro atoms. The first kappa shape index (κ1) is 17.5. The van der Waals surface area contributed by atoms with Crippen LogP contribution in [0.1, 0.15) is 11.3 Å². The third-order valence-corrected chi connectivity index (χ3v) is 3.95. The van der Waals surface area contributed by atoms with Crippen molar-refractivity contribution in [1.29, 1.82) is 0 Å². The van der Waals surface area contributed by atoms with Crippen molar-refractivity contribution in [2.75, 3.05) is 10.6 Å². The summed E-state index contributed by atoms with van der Waals surface area (Å²) in [5.41, 5.74) is 2.51. The van der Waals surface area contributed by atoms with Crippen LogP contribution in [0.25, 0.3) is 0 Å². The molecule has 0 fully saturated rings. The number of nitrogens with one attached hydrogen (secondary N) is 2. The lowest BCUT2D eigenvalue weighted by atomic mass is 10.2. The highest BCUT2D eigenvalue weighted by Gasteiger charge is 2.05. The summed E-state index contributed by atoms with van der Waals surface area (Å²) >= 11 is 11.7. The summed E-state index contributed by atoms with van der Waals surface area (Å²) in [6, 6.07) is 13.7. The molecule has 0 atom stereocenters. The summed E-state index contributed by atoms with van der Waals surface area (Å²) in [5.74, 6) is 0.621. The van der Waals surface area contributed by atoms with Gasteiger partial charge in [-0.15, -0.1) is 0 Å². The van der Waals surface area contributed by atoms with Gasteiger partial charge in [-0.3, -0.25) is 0 Å². The molecule has 0 aliphatic rings. The monoisotopic (exact) mass is 376 g/mol. The standard InChI is InChI=1S/C18H15Cl2FN4/c1-11-8-17(24-14-6-7-16(21)15(20)9-14)25-18(23-11)22-10-12-2-4-13(19)5-3-12/h2-9H,10H2,1H3,(H2,22,23,24,25). The van der Waals surface area contributed by atoms with Crippen molar-refractivity contribution in [2.45, 2.75) is 13.5 Å². The van der Waals surface area contributed by atoms with Gasteiger partial charge in [0, 0.05) is 29.0 Å². The molecule has 25 heavy (non-hydrogen) atoms. The summed E-state index contributed by atoms with van der Waals surface area (Å²) in [5, 5.41) is 7.02. The van der Waals surface area contributed by atoms with Crippen molar-refractivity contribution < 1.29 is 4.39 Å². The topological polar surface area (TPSA) is 49.8 Å². The Balaban J connectivity index is 1.73. The van der Waals surface area contributed by atoms with Crippen LogP contribution in [0.15, 0.2) is 48.5 Å². The molecule has 7 heteroatoms. The summed E-state index contributed by atoms with van der Waals surface area (Å²) in [7, 11) is 0. The quantitative estimate of drug-likeness (QED) is 0.609. The van der Waals surface area contributed by atoms with Crippen molar-refractivity contribution >= 4 is 40.7 Å². The molecule has 1 aromatic heterocycles. The van der Waals surface area contributed by atoms with E-state index in [4.69, 9.17) is 23.2 Å². The van der Waals surface area contributed by atoms with Crippen LogP contribution < -0.4 is 10.6 Å². The number of hydrogen-bond acceptors (Lipinski definition) is 4. The van der Waals surface area contributed by atoms with Crippen molar-refractivity contribution in [1.82, 2.24) is 9.97 Å². The van der Waals surface area contributed by atoms with Crippen LogP contribution in [0, 0.1) is 12.7 Å². The van der Waals surface area contributed by atoms with Crippen LogP contribution in [-0.4, -0.2) is 9.97 Å². The van der Waals surface area contributed by atoms with Gasteiger partial charge in [-0.05, 0) is 42.8 Å². The van der Waals surface area contributed by atoms with E-state index in [1.807, 2.05) is 31.2 Å². The minimum atomic E-state index is -0.462. The first-order chi connectivity index (χ1) is 12.0. The Morgan fingerprint density at radius 2 is 1.76 bits per heavy atom. The molecule has 0 radical (unpaired) electrons. The van der Waals surface area contributed by atoms with Gasteiger partial charge in [-0.1, -0.05) is 35.3 Å². The lowest BCUT2D eigenvalue weighted by molar-refractivity contribution is 0.628. The van der Waals surface area contributed by atoms with Gasteiger partial charge >= 0.3 is 0 Å². The fourth-order valence-corrected chi connectivity index (χ4v) is 2.52. The second-order valence-electron chi connectivity index (χ2n) is 5.45. The summed E-state index contributed by atoms with van der Waals surface area (Å²) in [6.07, 6.45) is 0. The van der Waals surface area contributed by atoms with Gasteiger partial charge in [0.1, 0.15) is 11.6 Å². The molecule has 0 saturated heterocycles. The molecular weight excluding hydrogens is 362 g/mol. The Morgan fingerprint density at radius 1 is 1.00 bits per heavy atom. The maximum Gasteiger partial charge on any atom is 0.225 e. The van der Waals surface area contributed by atoms with Gasteiger partial charge in [0.2, 0.25) is 5.95 Å². The third kappa shape index (κ3) is 4.81. The van der Waals surface area contributed by atoms with Gasteiger partial charge < -0.3 is 10.6 Å². The van der Waals surface area contributed by atoms with E-state index in [0.29, 0.717) is 29.0 Å². The van der Waals surface area contributed by atoms with E-state index in [-0.39, 0.29) is 5.02 Å². The summed E-state index contributed by atoms with van der Waals surface area (Å²) in [4.78, 5) is 8.78. The molecule has 0 aliphatic heterocycles. The van der Waals surface area contributed by atoms with Gasteiger partial charge in [0.15, 0.2) is 0 Å². The molecule has 3 rings (SSSR count). The average molecular weight is 377 g/mol. The Labute approximate surface area is 155 Å². The highest BCUT2D eigenvalue weighted by molar-refractivity contribution is 6.31. The zero-order valence-corrected chi connectivity index (χ0v) is 14.9. The SMILES string of the molecule is Cc1cc(Nc2ccc(F)c(Cl)c2)nc(NCc2ccc(Cl)cc2)n1. The number of aromatic nitrogens is 2. The highest BCUT2D eigenvalue weighted by Crippen LogP contribution is 2.23. The zero-order valence-electron chi connectivity index (χ0n) is 13.4. The lowest BCUT2D eigenvalue weighted by Gasteiger charge is -2.10. The number of rotatable bonds is 5. The van der Waals surface area contributed by atoms with Gasteiger partial charge in [-0.2, -0.15) is 4.98 Å². The van der Waals surface area contributed by atoms with Crippen LogP contribution >= 0.6 is 23.2 Å². The van der Waals surface area contributed by atoms with Crippen molar-refractivity contribution in [3.63, 3.8) is 0 Å². The maximum absolute atomic E-state index is 13.2. The van der Waals surface area contributed by atoms with E-state index < -0.39 is 5.82 Å². The predicted molar refractivity (Wildman–Crippen MR) is 100 cm³/mol. The number of hydrogen-bond donors (Lipinski definition) is 2. The first-order valence-electron chi connectivity index (χ1n) is 7.56. The smallest absolute Gasteiger partial charge is 0.225 e. The van der Waals surface area contributed by atoms with E-state index in [1.165, 1.54) is 12.1 Å². The molecule has 4 nitrogen and oxygen atoms in total. The van der Waals surface area contributed by atoms with Gasteiger partial charge in [0.05, 0.1) is 5.02 Å². The van der Waals surface area contributed by atoms with Crippen LogP contribution in [0.3, 0.4) is 0 Å². The van der Waals surface area contributed by atoms with Crippen LogP contribution in [0.5, 0.6) is 0 Å². The fraction of sp³-hybridized carbons (Fsp3) is 0.111. The molecule has 0 aliphatic carbocycles. The highest BCUT2D eigenvalue weighted by atomic mass is 35.5. The van der Waals surface area contributed by atoms with Crippen molar-refractivity contribution in [2.24, 2.45) is 0 Å². The molecule has 0 saturated carbocycles. The van der Waals surface area contributed by atoms with E-state index in [2.05, 4.69) is 20.6 Å². The maximum atomic E-state index is 13.2. The molecule has 3 aromatic rings. The third-order valence-electron chi connectivity index (χ3n) is 3.41. The van der Waals surface area contributed by atoms with Gasteiger partial charge in [0.25, 0.3) is 0 Å². The van der Waals surface area contributed by atoms with Crippen LogP contribution in [0.2, 0.25) is 10.0 Å². The number of nitrogens with zero attached hydrogens (tertiary/aromatic N) is 2. The number of anilines is 3. The van der Waals surface area contributed by atoms with Crippen molar-refractivity contribution in [3.05, 3.63) is 75.7 Å². The van der Waals surface area contributed by atoms with Crippen LogP contribution in [-0.2, 0) is 6.54 Å². The predicted octanol–water partition coefficient (Wildman–Crippen LogP) is 5.59. The normalized spacial score (nSPS) is 10.6. The Kier molecular flexibility index (Phi) is 5.36. The molecular formula is C18H15Cl2FN4. The average Bonchev–Trinajstić information content (AvgIpc) is 2.57. The molecule has 0 amide bonds. The van der Waals surface area contributed by atoms with E-state index in [0.717, 1.165) is 11.3 Å². The zero-order chi connectivity index (χ0) is 17.8. The molecule has 128 valence electrons. The van der Waals surface area contributed by atoms with Gasteiger partial charge in [-0.25, -0.2) is 9.37 Å². The Morgan fingerprint density at radius 3 is 2.48 bits per heavy atom. The van der Waals surface area contributed by atoms with E-state index in [1.54, 1.807) is 12.1 Å². The second kappa shape index (κ2) is 7.68.